The third kappa shape index (κ3) is 4.07. The van der Waals surface area contributed by atoms with Crippen molar-refractivity contribution >= 4 is 27.3 Å². The summed E-state index contributed by atoms with van der Waals surface area (Å²) in [5, 5.41) is 2.88. The lowest BCUT2D eigenvalue weighted by atomic mass is 10.1. The van der Waals surface area contributed by atoms with Gasteiger partial charge in [0.15, 0.2) is 0 Å². The molecule has 3 aromatic carbocycles. The minimum atomic E-state index is -3.70. The van der Waals surface area contributed by atoms with Gasteiger partial charge < -0.3 is 5.32 Å². The number of hydrogen-bond donors (Lipinski definition) is 1. The Balaban J connectivity index is 1.86. The molecule has 0 aliphatic carbocycles. The molecule has 0 heterocycles. The molecule has 0 aromatic heterocycles. The van der Waals surface area contributed by atoms with E-state index in [1.54, 1.807) is 54.6 Å². The zero-order chi connectivity index (χ0) is 20.3. The Morgan fingerprint density at radius 3 is 2.29 bits per heavy atom. The molecule has 0 atom stereocenters. The highest BCUT2D eigenvalue weighted by molar-refractivity contribution is 7.92. The molecule has 0 aliphatic rings. The fourth-order valence-electron chi connectivity index (χ4n) is 2.88. The molecule has 0 fully saturated rings. The number of sulfonamides is 1. The van der Waals surface area contributed by atoms with Crippen molar-refractivity contribution in [1.82, 2.24) is 0 Å². The number of rotatable bonds is 5. The highest BCUT2D eigenvalue weighted by atomic mass is 32.2. The SMILES string of the molecule is Cc1ccc(NC(=O)c2cccc(N(C)S(=O)(=O)c3ccccc3)c2)c(C)c1. The van der Waals surface area contributed by atoms with Crippen LogP contribution in [0, 0.1) is 13.8 Å². The molecular weight excluding hydrogens is 372 g/mol. The molecule has 0 bridgehead atoms. The van der Waals surface area contributed by atoms with Crippen LogP contribution < -0.4 is 9.62 Å². The van der Waals surface area contributed by atoms with E-state index >= 15 is 0 Å². The maximum atomic E-state index is 12.8. The van der Waals surface area contributed by atoms with Gasteiger partial charge in [0.05, 0.1) is 10.6 Å². The Labute approximate surface area is 165 Å². The molecule has 1 N–H and O–H groups in total. The van der Waals surface area contributed by atoms with Crippen molar-refractivity contribution in [1.29, 1.82) is 0 Å². The second-order valence-corrected chi connectivity index (χ2v) is 8.58. The van der Waals surface area contributed by atoms with Crippen LogP contribution >= 0.6 is 0 Å². The number of hydrogen-bond acceptors (Lipinski definition) is 3. The van der Waals surface area contributed by atoms with E-state index in [0.717, 1.165) is 16.8 Å². The van der Waals surface area contributed by atoms with Gasteiger partial charge in [-0.15, -0.1) is 0 Å². The lowest BCUT2D eigenvalue weighted by molar-refractivity contribution is 0.102. The number of nitrogens with zero attached hydrogens (tertiary/aromatic N) is 1. The summed E-state index contributed by atoms with van der Waals surface area (Å²) in [7, 11) is -2.23. The lowest BCUT2D eigenvalue weighted by Gasteiger charge is -2.20. The molecule has 6 heteroatoms. The zero-order valence-corrected chi connectivity index (χ0v) is 16.8. The Bertz CT molecular complexity index is 1110. The Morgan fingerprint density at radius 2 is 1.61 bits per heavy atom. The summed E-state index contributed by atoms with van der Waals surface area (Å²) >= 11 is 0. The van der Waals surface area contributed by atoms with Gasteiger partial charge >= 0.3 is 0 Å². The van der Waals surface area contributed by atoms with Crippen molar-refractivity contribution in [2.75, 3.05) is 16.7 Å². The number of anilines is 2. The van der Waals surface area contributed by atoms with Crippen LogP contribution in [0.4, 0.5) is 11.4 Å². The van der Waals surface area contributed by atoms with E-state index in [0.29, 0.717) is 11.3 Å². The summed E-state index contributed by atoms with van der Waals surface area (Å²) < 4.78 is 26.8. The summed E-state index contributed by atoms with van der Waals surface area (Å²) in [6, 6.07) is 20.5. The van der Waals surface area contributed by atoms with Gasteiger partial charge in [0, 0.05) is 18.3 Å². The first-order valence-electron chi connectivity index (χ1n) is 8.82. The van der Waals surface area contributed by atoms with Crippen molar-refractivity contribution in [2.24, 2.45) is 0 Å². The number of aryl methyl sites for hydroxylation is 2. The Kier molecular flexibility index (Phi) is 5.51. The first kappa shape index (κ1) is 19.6. The van der Waals surface area contributed by atoms with Gasteiger partial charge in [-0.3, -0.25) is 9.10 Å². The van der Waals surface area contributed by atoms with Crippen LogP contribution in [0.3, 0.4) is 0 Å². The summed E-state index contributed by atoms with van der Waals surface area (Å²) in [4.78, 5) is 12.9. The number of carbonyl (C=O) groups excluding carboxylic acids is 1. The third-order valence-electron chi connectivity index (χ3n) is 4.50. The Morgan fingerprint density at radius 1 is 0.893 bits per heavy atom. The quantitative estimate of drug-likeness (QED) is 0.698. The number of amides is 1. The van der Waals surface area contributed by atoms with Gasteiger partial charge in [-0.1, -0.05) is 42.0 Å². The zero-order valence-electron chi connectivity index (χ0n) is 16.0. The molecule has 0 radical (unpaired) electrons. The highest BCUT2D eigenvalue weighted by Gasteiger charge is 2.21. The second kappa shape index (κ2) is 7.86. The van der Waals surface area contributed by atoms with E-state index in [-0.39, 0.29) is 10.8 Å². The topological polar surface area (TPSA) is 66.5 Å². The van der Waals surface area contributed by atoms with Gasteiger partial charge in [-0.25, -0.2) is 8.42 Å². The summed E-state index contributed by atoms with van der Waals surface area (Å²) in [5.41, 5.74) is 3.61. The molecule has 144 valence electrons. The van der Waals surface area contributed by atoms with Gasteiger partial charge in [0.1, 0.15) is 0 Å². The second-order valence-electron chi connectivity index (χ2n) is 6.61. The molecule has 3 aromatic rings. The molecule has 1 amide bonds. The first-order chi connectivity index (χ1) is 13.3. The molecule has 0 saturated carbocycles. The van der Waals surface area contributed by atoms with Crippen molar-refractivity contribution < 1.29 is 13.2 Å². The molecule has 3 rings (SSSR count). The van der Waals surface area contributed by atoms with E-state index < -0.39 is 10.0 Å². The predicted molar refractivity (Wildman–Crippen MR) is 112 cm³/mol. The summed E-state index contributed by atoms with van der Waals surface area (Å²) in [6.07, 6.45) is 0. The van der Waals surface area contributed by atoms with Gasteiger partial charge in [-0.05, 0) is 55.8 Å². The molecule has 0 aliphatic heterocycles. The van der Waals surface area contributed by atoms with Crippen LogP contribution in [-0.4, -0.2) is 21.4 Å². The van der Waals surface area contributed by atoms with Gasteiger partial charge in [0.25, 0.3) is 15.9 Å². The van der Waals surface area contributed by atoms with Crippen LogP contribution in [0.2, 0.25) is 0 Å². The van der Waals surface area contributed by atoms with E-state index in [9.17, 15) is 13.2 Å². The maximum Gasteiger partial charge on any atom is 0.264 e. The average molecular weight is 394 g/mol. The lowest BCUT2D eigenvalue weighted by Crippen LogP contribution is -2.26. The van der Waals surface area contributed by atoms with Crippen LogP contribution in [0.1, 0.15) is 21.5 Å². The molecule has 28 heavy (non-hydrogen) atoms. The molecule has 5 nitrogen and oxygen atoms in total. The fraction of sp³-hybridized carbons (Fsp3) is 0.136. The minimum absolute atomic E-state index is 0.197. The normalized spacial score (nSPS) is 11.1. The van der Waals surface area contributed by atoms with E-state index in [2.05, 4.69) is 5.32 Å². The summed E-state index contributed by atoms with van der Waals surface area (Å²) in [5.74, 6) is -0.292. The van der Waals surface area contributed by atoms with E-state index in [1.165, 1.54) is 11.4 Å². The van der Waals surface area contributed by atoms with Gasteiger partial charge in [0.2, 0.25) is 0 Å². The van der Waals surface area contributed by atoms with Crippen molar-refractivity contribution in [2.45, 2.75) is 18.7 Å². The smallest absolute Gasteiger partial charge is 0.264 e. The van der Waals surface area contributed by atoms with Crippen molar-refractivity contribution in [3.63, 3.8) is 0 Å². The predicted octanol–water partition coefficient (Wildman–Crippen LogP) is 4.38. The van der Waals surface area contributed by atoms with Crippen molar-refractivity contribution in [3.8, 4) is 0 Å². The average Bonchev–Trinajstić information content (AvgIpc) is 2.70. The van der Waals surface area contributed by atoms with E-state index in [4.69, 9.17) is 0 Å². The monoisotopic (exact) mass is 394 g/mol. The molecule has 0 unspecified atom stereocenters. The van der Waals surface area contributed by atoms with Crippen LogP contribution in [-0.2, 0) is 10.0 Å². The highest BCUT2D eigenvalue weighted by Crippen LogP contribution is 2.24. The largest absolute Gasteiger partial charge is 0.322 e. The maximum absolute atomic E-state index is 12.8. The van der Waals surface area contributed by atoms with Crippen molar-refractivity contribution in [3.05, 3.63) is 89.5 Å². The fourth-order valence-corrected chi connectivity index (χ4v) is 4.09. The number of nitrogens with one attached hydrogen (secondary N) is 1. The Hall–Kier alpha value is -3.12. The van der Waals surface area contributed by atoms with E-state index in [1.807, 2.05) is 32.0 Å². The van der Waals surface area contributed by atoms with Crippen LogP contribution in [0.25, 0.3) is 0 Å². The molecular formula is C22H22N2O3S. The third-order valence-corrected chi connectivity index (χ3v) is 6.30. The number of carbonyl (C=O) groups is 1. The molecule has 0 spiro atoms. The summed E-state index contributed by atoms with van der Waals surface area (Å²) in [6.45, 7) is 3.92. The first-order valence-corrected chi connectivity index (χ1v) is 10.3. The van der Waals surface area contributed by atoms with Crippen LogP contribution in [0.5, 0.6) is 0 Å². The number of benzene rings is 3. The van der Waals surface area contributed by atoms with Crippen LogP contribution in [0.15, 0.2) is 77.7 Å². The molecule has 0 saturated heterocycles. The standard InChI is InChI=1S/C22H22N2O3S/c1-16-12-13-21(17(2)14-16)23-22(25)18-8-7-9-19(15-18)24(3)28(26,27)20-10-5-4-6-11-20/h4-15H,1-3H3,(H,23,25). The van der Waals surface area contributed by atoms with Gasteiger partial charge in [-0.2, -0.15) is 0 Å². The minimum Gasteiger partial charge on any atom is -0.322 e.